The van der Waals surface area contributed by atoms with Crippen LogP contribution in [0.5, 0.6) is 0 Å². The third-order valence-corrected chi connectivity index (χ3v) is 1.53. The maximum Gasteiger partial charge on any atom is 0.239 e. The predicted octanol–water partition coefficient (Wildman–Crippen LogP) is 0.920. The summed E-state index contributed by atoms with van der Waals surface area (Å²) in [6, 6.07) is 0. The molecular formula is C4H4N2O2S. The van der Waals surface area contributed by atoms with E-state index in [1.54, 1.807) is 5.51 Å². The molecule has 4 nitrogen and oxygen atoms in total. The van der Waals surface area contributed by atoms with Crippen molar-refractivity contribution in [1.29, 1.82) is 0 Å². The van der Waals surface area contributed by atoms with Crippen molar-refractivity contribution in [3.63, 3.8) is 0 Å². The van der Waals surface area contributed by atoms with Crippen molar-refractivity contribution in [2.75, 3.05) is 0 Å². The van der Waals surface area contributed by atoms with Gasteiger partial charge in [0.05, 0.1) is 10.4 Å². The molecule has 5 heteroatoms. The van der Waals surface area contributed by atoms with Gasteiger partial charge in [0.1, 0.15) is 0 Å². The van der Waals surface area contributed by atoms with Crippen LogP contribution >= 0.6 is 11.3 Å². The lowest BCUT2D eigenvalue weighted by Gasteiger charge is -1.83. The minimum absolute atomic E-state index is 0.106. The number of nitro groups is 1. The first-order chi connectivity index (χ1) is 4.29. The molecule has 0 N–H and O–H groups in total. The van der Waals surface area contributed by atoms with Gasteiger partial charge in [-0.25, -0.2) is 0 Å². The van der Waals surface area contributed by atoms with Crippen molar-refractivity contribution in [3.05, 3.63) is 26.7 Å². The van der Waals surface area contributed by atoms with Crippen molar-refractivity contribution in [3.8, 4) is 0 Å². The van der Waals surface area contributed by atoms with E-state index in [1.807, 2.05) is 0 Å². The Hall–Kier alpha value is -0.970. The van der Waals surface area contributed by atoms with E-state index in [0.717, 1.165) is 0 Å². The van der Waals surface area contributed by atoms with Gasteiger partial charge in [-0.05, 0) is 0 Å². The van der Waals surface area contributed by atoms with Crippen LogP contribution in [0, 0.1) is 10.1 Å². The fourth-order valence-electron chi connectivity index (χ4n) is 0.447. The molecule has 9 heavy (non-hydrogen) atoms. The molecule has 0 saturated carbocycles. The molecule has 0 radical (unpaired) electrons. The van der Waals surface area contributed by atoms with Crippen LogP contribution in [0.2, 0.25) is 0 Å². The maximum absolute atomic E-state index is 9.85. The Kier molecular flexibility index (Phi) is 1.74. The summed E-state index contributed by atoms with van der Waals surface area (Å²) in [6.45, 7) is -0.106. The fraction of sp³-hybridized carbons (Fsp3) is 0.250. The van der Waals surface area contributed by atoms with Gasteiger partial charge in [-0.1, -0.05) is 0 Å². The van der Waals surface area contributed by atoms with Crippen molar-refractivity contribution < 1.29 is 4.92 Å². The van der Waals surface area contributed by atoms with Crippen molar-refractivity contribution >= 4 is 11.3 Å². The van der Waals surface area contributed by atoms with Crippen LogP contribution in [0.3, 0.4) is 0 Å². The standard InChI is InChI=1S/C4H4N2O2S/c7-6(8)2-4-1-5-3-9-4/h1,3H,2H2. The summed E-state index contributed by atoms with van der Waals surface area (Å²) in [5.41, 5.74) is 1.58. The van der Waals surface area contributed by atoms with Gasteiger partial charge in [0.2, 0.25) is 6.54 Å². The number of thiazole rings is 1. The third-order valence-electron chi connectivity index (χ3n) is 0.768. The zero-order chi connectivity index (χ0) is 6.69. The number of hydrogen-bond donors (Lipinski definition) is 0. The maximum atomic E-state index is 9.85. The van der Waals surface area contributed by atoms with Gasteiger partial charge in [-0.15, -0.1) is 11.3 Å². The van der Waals surface area contributed by atoms with Crippen LogP contribution in [-0.2, 0) is 6.54 Å². The summed E-state index contributed by atoms with van der Waals surface area (Å²) in [7, 11) is 0. The molecule has 0 aliphatic heterocycles. The Morgan fingerprint density at radius 2 is 2.67 bits per heavy atom. The summed E-state index contributed by atoms with van der Waals surface area (Å²) >= 11 is 1.30. The second kappa shape index (κ2) is 2.54. The van der Waals surface area contributed by atoms with Crippen LogP contribution in [0.25, 0.3) is 0 Å². The minimum Gasteiger partial charge on any atom is -0.264 e. The van der Waals surface area contributed by atoms with E-state index in [4.69, 9.17) is 0 Å². The number of hydrogen-bond acceptors (Lipinski definition) is 4. The van der Waals surface area contributed by atoms with Crippen LogP contribution in [0.15, 0.2) is 11.7 Å². The minimum atomic E-state index is -0.368. The molecule has 0 aliphatic rings. The second-order valence-corrected chi connectivity index (χ2v) is 2.43. The fourth-order valence-corrected chi connectivity index (χ4v) is 1.01. The van der Waals surface area contributed by atoms with Crippen LogP contribution in [-0.4, -0.2) is 9.91 Å². The van der Waals surface area contributed by atoms with Gasteiger partial charge < -0.3 is 0 Å². The average Bonchev–Trinajstić information content (AvgIpc) is 2.15. The van der Waals surface area contributed by atoms with Gasteiger partial charge in [0, 0.05) is 11.1 Å². The molecule has 0 atom stereocenters. The molecule has 1 aromatic heterocycles. The summed E-state index contributed by atoms with van der Waals surface area (Å²) in [5, 5.41) is 9.85. The lowest BCUT2D eigenvalue weighted by atomic mass is 10.6. The molecule has 1 rings (SSSR count). The van der Waals surface area contributed by atoms with Crippen LogP contribution < -0.4 is 0 Å². The molecule has 1 aromatic rings. The summed E-state index contributed by atoms with van der Waals surface area (Å²) < 4.78 is 0. The quantitative estimate of drug-likeness (QED) is 0.458. The van der Waals surface area contributed by atoms with Gasteiger partial charge in [-0.2, -0.15) is 0 Å². The predicted molar refractivity (Wildman–Crippen MR) is 32.8 cm³/mol. The first-order valence-corrected chi connectivity index (χ1v) is 3.16. The highest BCUT2D eigenvalue weighted by atomic mass is 32.1. The highest BCUT2D eigenvalue weighted by molar-refractivity contribution is 7.09. The zero-order valence-corrected chi connectivity index (χ0v) is 5.30. The van der Waals surface area contributed by atoms with Crippen molar-refractivity contribution in [2.45, 2.75) is 6.54 Å². The first-order valence-electron chi connectivity index (χ1n) is 2.28. The Balaban J connectivity index is 2.58. The highest BCUT2D eigenvalue weighted by Gasteiger charge is 2.00. The Morgan fingerprint density at radius 3 is 3.11 bits per heavy atom. The van der Waals surface area contributed by atoms with Gasteiger partial charge in [0.15, 0.2) is 0 Å². The highest BCUT2D eigenvalue weighted by Crippen LogP contribution is 2.05. The normalized spacial score (nSPS) is 9.33. The van der Waals surface area contributed by atoms with Gasteiger partial charge in [0.25, 0.3) is 0 Å². The van der Waals surface area contributed by atoms with E-state index < -0.39 is 0 Å². The van der Waals surface area contributed by atoms with Crippen molar-refractivity contribution in [2.24, 2.45) is 0 Å². The van der Waals surface area contributed by atoms with E-state index in [0.29, 0.717) is 4.88 Å². The topological polar surface area (TPSA) is 56.0 Å². The van der Waals surface area contributed by atoms with E-state index in [-0.39, 0.29) is 11.5 Å². The molecule has 0 amide bonds. The average molecular weight is 144 g/mol. The molecule has 0 saturated heterocycles. The molecule has 0 unspecified atom stereocenters. The zero-order valence-electron chi connectivity index (χ0n) is 4.48. The Labute approximate surface area is 55.3 Å². The van der Waals surface area contributed by atoms with E-state index in [9.17, 15) is 10.1 Å². The molecular weight excluding hydrogens is 140 g/mol. The van der Waals surface area contributed by atoms with E-state index >= 15 is 0 Å². The van der Waals surface area contributed by atoms with Crippen molar-refractivity contribution in [1.82, 2.24) is 4.98 Å². The number of aromatic nitrogens is 1. The smallest absolute Gasteiger partial charge is 0.239 e. The summed E-state index contributed by atoms with van der Waals surface area (Å²) in [6.07, 6.45) is 1.51. The van der Waals surface area contributed by atoms with Gasteiger partial charge in [-0.3, -0.25) is 15.1 Å². The lowest BCUT2D eigenvalue weighted by Crippen LogP contribution is -1.94. The van der Waals surface area contributed by atoms with Gasteiger partial charge >= 0.3 is 0 Å². The van der Waals surface area contributed by atoms with E-state index in [1.165, 1.54) is 17.5 Å². The van der Waals surface area contributed by atoms with E-state index in [2.05, 4.69) is 4.98 Å². The molecule has 0 aliphatic carbocycles. The molecule has 48 valence electrons. The third kappa shape index (κ3) is 1.77. The molecule has 0 aromatic carbocycles. The molecule has 1 heterocycles. The monoisotopic (exact) mass is 144 g/mol. The second-order valence-electron chi connectivity index (χ2n) is 1.46. The number of nitrogens with zero attached hydrogens (tertiary/aromatic N) is 2. The molecule has 0 fully saturated rings. The summed E-state index contributed by atoms with van der Waals surface area (Å²) in [5.74, 6) is 0. The SMILES string of the molecule is O=[N+]([O-])Cc1cncs1. The largest absolute Gasteiger partial charge is 0.264 e. The lowest BCUT2D eigenvalue weighted by molar-refractivity contribution is -0.496. The Bertz CT molecular complexity index is 196. The van der Waals surface area contributed by atoms with Crippen LogP contribution in [0.1, 0.15) is 4.88 Å². The first kappa shape index (κ1) is 6.15. The Morgan fingerprint density at radius 1 is 1.89 bits per heavy atom. The summed E-state index contributed by atoms with van der Waals surface area (Å²) in [4.78, 5) is 13.9. The molecule has 0 bridgehead atoms. The number of rotatable bonds is 2. The molecule has 0 spiro atoms. The van der Waals surface area contributed by atoms with Crippen LogP contribution in [0.4, 0.5) is 0 Å².